The van der Waals surface area contributed by atoms with Gasteiger partial charge in [-0.2, -0.15) is 13.2 Å². The summed E-state index contributed by atoms with van der Waals surface area (Å²) < 4.78 is 38.9. The Morgan fingerprint density at radius 3 is 2.36 bits per heavy atom. The van der Waals surface area contributed by atoms with Crippen LogP contribution in [0.25, 0.3) is 0 Å². The summed E-state index contributed by atoms with van der Waals surface area (Å²) in [6.45, 7) is 0. The first-order valence-electron chi connectivity index (χ1n) is 7.30. The molecule has 1 aromatic carbocycles. The van der Waals surface area contributed by atoms with Crippen molar-refractivity contribution in [3.63, 3.8) is 0 Å². The summed E-state index contributed by atoms with van der Waals surface area (Å²) in [7, 11) is 0. The maximum Gasteiger partial charge on any atom is 0.418 e. The Bertz CT molecular complexity index is 526. The second-order valence-corrected chi connectivity index (χ2v) is 5.91. The van der Waals surface area contributed by atoms with Gasteiger partial charge in [0, 0.05) is 11.1 Å². The molecule has 0 spiro atoms. The molecule has 3 nitrogen and oxygen atoms in total. The van der Waals surface area contributed by atoms with Gasteiger partial charge in [-0.05, 0) is 31.0 Å². The van der Waals surface area contributed by atoms with Gasteiger partial charge >= 0.3 is 12.2 Å². The van der Waals surface area contributed by atoms with E-state index in [1.54, 1.807) is 0 Å². The average molecular weight is 335 g/mol. The molecule has 2 N–H and O–H groups in total. The molecule has 0 radical (unpaired) electrons. The Labute approximate surface area is 132 Å². The van der Waals surface area contributed by atoms with Crippen LogP contribution in [0, 0.1) is 0 Å². The molecule has 1 aliphatic carbocycles. The number of benzene rings is 1. The zero-order chi connectivity index (χ0) is 16.2. The molecule has 0 heterocycles. The van der Waals surface area contributed by atoms with Crippen LogP contribution in [0.5, 0.6) is 0 Å². The van der Waals surface area contributed by atoms with Crippen LogP contribution in [0.15, 0.2) is 18.2 Å². The van der Waals surface area contributed by atoms with Gasteiger partial charge in [0.05, 0.1) is 11.3 Å². The minimum absolute atomic E-state index is 0.0177. The number of hydrogen-bond donors (Lipinski definition) is 2. The van der Waals surface area contributed by atoms with Crippen LogP contribution in [0.1, 0.15) is 44.1 Å². The number of alkyl halides is 3. The quantitative estimate of drug-likeness (QED) is 0.717. The Morgan fingerprint density at radius 2 is 1.77 bits per heavy atom. The van der Waals surface area contributed by atoms with Crippen molar-refractivity contribution in [3.8, 4) is 0 Å². The third-order valence-corrected chi connectivity index (χ3v) is 3.96. The van der Waals surface area contributed by atoms with Gasteiger partial charge in [-0.25, -0.2) is 4.79 Å². The molecular weight excluding hydrogens is 317 g/mol. The van der Waals surface area contributed by atoms with E-state index >= 15 is 0 Å². The standard InChI is InChI=1S/C15H18ClF3N2O/c16-10-7-8-13(12(9-10)15(17,18)19)21-14(22)20-11-5-3-1-2-4-6-11/h7-9,11H,1-6H2,(H2,20,21,22). The predicted molar refractivity (Wildman–Crippen MR) is 80.1 cm³/mol. The van der Waals surface area contributed by atoms with Crippen molar-refractivity contribution >= 4 is 23.3 Å². The Balaban J connectivity index is 2.05. The summed E-state index contributed by atoms with van der Waals surface area (Å²) in [5.41, 5.74) is -1.24. The van der Waals surface area contributed by atoms with E-state index in [4.69, 9.17) is 11.6 Å². The van der Waals surface area contributed by atoms with Crippen molar-refractivity contribution in [2.45, 2.75) is 50.7 Å². The van der Waals surface area contributed by atoms with E-state index < -0.39 is 17.8 Å². The molecule has 0 atom stereocenters. The lowest BCUT2D eigenvalue weighted by Crippen LogP contribution is -2.38. The van der Waals surface area contributed by atoms with Crippen LogP contribution in [0.3, 0.4) is 0 Å². The van der Waals surface area contributed by atoms with Crippen molar-refractivity contribution in [2.75, 3.05) is 5.32 Å². The highest BCUT2D eigenvalue weighted by Gasteiger charge is 2.34. The largest absolute Gasteiger partial charge is 0.418 e. The fraction of sp³-hybridized carbons (Fsp3) is 0.533. The van der Waals surface area contributed by atoms with Gasteiger partial charge in [0.15, 0.2) is 0 Å². The lowest BCUT2D eigenvalue weighted by Gasteiger charge is -2.18. The van der Waals surface area contributed by atoms with Gasteiger partial charge < -0.3 is 10.6 Å². The Kier molecular flexibility index (Phi) is 5.56. The molecule has 0 unspecified atom stereocenters. The summed E-state index contributed by atoms with van der Waals surface area (Å²) in [5, 5.41) is 5.01. The van der Waals surface area contributed by atoms with Gasteiger partial charge in [0.25, 0.3) is 0 Å². The highest BCUT2D eigenvalue weighted by molar-refractivity contribution is 6.30. The smallest absolute Gasteiger partial charge is 0.335 e. The normalized spacial score (nSPS) is 16.9. The Morgan fingerprint density at radius 1 is 1.14 bits per heavy atom. The van der Waals surface area contributed by atoms with Gasteiger partial charge in [0.2, 0.25) is 0 Å². The van der Waals surface area contributed by atoms with Crippen molar-refractivity contribution in [2.24, 2.45) is 0 Å². The third-order valence-electron chi connectivity index (χ3n) is 3.73. The van der Waals surface area contributed by atoms with Crippen LogP contribution in [-0.4, -0.2) is 12.1 Å². The highest BCUT2D eigenvalue weighted by atomic mass is 35.5. The fourth-order valence-electron chi connectivity index (χ4n) is 2.63. The first kappa shape index (κ1) is 16.9. The monoisotopic (exact) mass is 334 g/mol. The molecule has 1 fully saturated rings. The van der Waals surface area contributed by atoms with Crippen molar-refractivity contribution in [1.29, 1.82) is 0 Å². The first-order chi connectivity index (χ1) is 10.4. The summed E-state index contributed by atoms with van der Waals surface area (Å²) in [5.74, 6) is 0. The number of urea groups is 1. The predicted octanol–water partition coefficient (Wildman–Crippen LogP) is 5.20. The topological polar surface area (TPSA) is 41.1 Å². The molecule has 0 saturated heterocycles. The number of anilines is 1. The molecule has 122 valence electrons. The molecule has 0 aliphatic heterocycles. The summed E-state index contributed by atoms with van der Waals surface area (Å²) in [6.07, 6.45) is 1.47. The van der Waals surface area contributed by atoms with E-state index in [0.717, 1.165) is 50.7 Å². The minimum atomic E-state index is -4.57. The van der Waals surface area contributed by atoms with Crippen molar-refractivity contribution in [3.05, 3.63) is 28.8 Å². The van der Waals surface area contributed by atoms with E-state index in [1.165, 1.54) is 6.07 Å². The second kappa shape index (κ2) is 7.22. The van der Waals surface area contributed by atoms with Gasteiger partial charge in [-0.15, -0.1) is 0 Å². The fourth-order valence-corrected chi connectivity index (χ4v) is 2.80. The minimum Gasteiger partial charge on any atom is -0.335 e. The molecule has 0 aromatic heterocycles. The molecule has 1 aromatic rings. The molecule has 2 amide bonds. The molecular formula is C15H18ClF3N2O. The zero-order valence-corrected chi connectivity index (χ0v) is 12.7. The number of carbonyl (C=O) groups excluding carboxylic acids is 1. The highest BCUT2D eigenvalue weighted by Crippen LogP contribution is 2.36. The number of hydrogen-bond acceptors (Lipinski definition) is 1. The Hall–Kier alpha value is -1.43. The second-order valence-electron chi connectivity index (χ2n) is 5.47. The van der Waals surface area contributed by atoms with E-state index in [9.17, 15) is 18.0 Å². The van der Waals surface area contributed by atoms with E-state index in [1.807, 2.05) is 0 Å². The average Bonchev–Trinajstić information content (AvgIpc) is 2.68. The number of halogens is 4. The van der Waals surface area contributed by atoms with Crippen LogP contribution in [-0.2, 0) is 6.18 Å². The summed E-state index contributed by atoms with van der Waals surface area (Å²) >= 11 is 5.60. The lowest BCUT2D eigenvalue weighted by atomic mass is 10.1. The van der Waals surface area contributed by atoms with E-state index in [2.05, 4.69) is 10.6 Å². The zero-order valence-electron chi connectivity index (χ0n) is 12.0. The molecule has 22 heavy (non-hydrogen) atoms. The van der Waals surface area contributed by atoms with Gasteiger partial charge in [0.1, 0.15) is 0 Å². The van der Waals surface area contributed by atoms with Gasteiger partial charge in [-0.3, -0.25) is 0 Å². The molecule has 1 saturated carbocycles. The lowest BCUT2D eigenvalue weighted by molar-refractivity contribution is -0.136. The summed E-state index contributed by atoms with van der Waals surface area (Å²) in [4.78, 5) is 11.9. The summed E-state index contributed by atoms with van der Waals surface area (Å²) in [6, 6.07) is 2.70. The molecule has 0 bridgehead atoms. The first-order valence-corrected chi connectivity index (χ1v) is 7.68. The van der Waals surface area contributed by atoms with Crippen molar-refractivity contribution in [1.82, 2.24) is 5.32 Å². The van der Waals surface area contributed by atoms with Crippen LogP contribution >= 0.6 is 11.6 Å². The maximum absolute atomic E-state index is 13.0. The van der Waals surface area contributed by atoms with Gasteiger partial charge in [-0.1, -0.05) is 37.3 Å². The van der Waals surface area contributed by atoms with Crippen LogP contribution < -0.4 is 10.6 Å². The number of carbonyl (C=O) groups is 1. The number of rotatable bonds is 2. The van der Waals surface area contributed by atoms with Crippen LogP contribution in [0.2, 0.25) is 5.02 Å². The number of nitrogens with one attached hydrogen (secondary N) is 2. The number of amides is 2. The van der Waals surface area contributed by atoms with Crippen molar-refractivity contribution < 1.29 is 18.0 Å². The molecule has 7 heteroatoms. The van der Waals surface area contributed by atoms with E-state index in [0.29, 0.717) is 0 Å². The SMILES string of the molecule is O=C(Nc1ccc(Cl)cc1C(F)(F)F)NC1CCCCCC1. The third kappa shape index (κ3) is 4.80. The molecule has 1 aliphatic rings. The van der Waals surface area contributed by atoms with E-state index in [-0.39, 0.29) is 16.8 Å². The van der Waals surface area contributed by atoms with Crippen LogP contribution in [0.4, 0.5) is 23.7 Å². The maximum atomic E-state index is 13.0. The molecule has 2 rings (SSSR count).